The second-order valence-corrected chi connectivity index (χ2v) is 2.90. The maximum Gasteiger partial charge on any atom is 0.319 e. The van der Waals surface area contributed by atoms with Gasteiger partial charge in [0.1, 0.15) is 6.07 Å². The van der Waals surface area contributed by atoms with E-state index in [9.17, 15) is 4.79 Å². The fourth-order valence-electron chi connectivity index (χ4n) is 1.09. The predicted molar refractivity (Wildman–Crippen MR) is 58.3 cm³/mol. The van der Waals surface area contributed by atoms with E-state index in [1.54, 1.807) is 12.1 Å². The van der Waals surface area contributed by atoms with E-state index in [0.717, 1.165) is 0 Å². The van der Waals surface area contributed by atoms with Gasteiger partial charge < -0.3 is 16.4 Å². The molecule has 15 heavy (non-hydrogen) atoms. The van der Waals surface area contributed by atoms with Gasteiger partial charge in [-0.25, -0.2) is 4.79 Å². The molecule has 0 saturated heterocycles. The fourth-order valence-corrected chi connectivity index (χ4v) is 1.09. The van der Waals surface area contributed by atoms with Gasteiger partial charge in [0.25, 0.3) is 0 Å². The maximum absolute atomic E-state index is 11.2. The summed E-state index contributed by atoms with van der Waals surface area (Å²) < 4.78 is 0. The monoisotopic (exact) mass is 204 g/mol. The molecule has 2 amide bonds. The Balaban J connectivity index is 2.86. The Bertz CT molecular complexity index is 408. The van der Waals surface area contributed by atoms with Gasteiger partial charge in [0.15, 0.2) is 0 Å². The lowest BCUT2D eigenvalue weighted by molar-refractivity contribution is 0.252. The van der Waals surface area contributed by atoms with Crippen LogP contribution in [0.3, 0.4) is 0 Å². The van der Waals surface area contributed by atoms with Crippen molar-refractivity contribution in [1.29, 1.82) is 5.26 Å². The van der Waals surface area contributed by atoms with Gasteiger partial charge in [-0.05, 0) is 25.1 Å². The smallest absolute Gasteiger partial charge is 0.319 e. The molecule has 0 radical (unpaired) electrons. The molecular formula is C10H12N4O. The largest absolute Gasteiger partial charge is 0.399 e. The van der Waals surface area contributed by atoms with E-state index in [2.05, 4.69) is 10.6 Å². The molecule has 5 heteroatoms. The number of nitrogen functional groups attached to an aromatic ring is 1. The summed E-state index contributed by atoms with van der Waals surface area (Å²) in [4.78, 5) is 11.2. The van der Waals surface area contributed by atoms with Crippen molar-refractivity contribution >= 4 is 17.4 Å². The Hall–Kier alpha value is -2.22. The minimum Gasteiger partial charge on any atom is -0.399 e. The third-order valence-electron chi connectivity index (χ3n) is 1.75. The van der Waals surface area contributed by atoms with Crippen LogP contribution in [0.1, 0.15) is 12.5 Å². The Morgan fingerprint density at radius 2 is 2.33 bits per heavy atom. The number of carbonyl (C=O) groups excluding carboxylic acids is 1. The molecule has 0 unspecified atom stereocenters. The van der Waals surface area contributed by atoms with Gasteiger partial charge in [-0.1, -0.05) is 0 Å². The van der Waals surface area contributed by atoms with Crippen molar-refractivity contribution in [2.75, 3.05) is 17.6 Å². The lowest BCUT2D eigenvalue weighted by atomic mass is 10.2. The normalized spacial score (nSPS) is 9.07. The van der Waals surface area contributed by atoms with E-state index in [1.165, 1.54) is 6.07 Å². The number of nitrogens with one attached hydrogen (secondary N) is 2. The van der Waals surface area contributed by atoms with Crippen LogP contribution in [0.4, 0.5) is 16.2 Å². The highest BCUT2D eigenvalue weighted by Gasteiger charge is 2.05. The van der Waals surface area contributed by atoms with Crippen LogP contribution in [0, 0.1) is 11.3 Å². The first-order valence-electron chi connectivity index (χ1n) is 4.52. The molecule has 1 rings (SSSR count). The molecule has 1 aromatic carbocycles. The number of hydrogen-bond donors (Lipinski definition) is 3. The minimum absolute atomic E-state index is 0.334. The van der Waals surface area contributed by atoms with E-state index < -0.39 is 0 Å². The Morgan fingerprint density at radius 1 is 1.60 bits per heavy atom. The number of nitrogens with two attached hydrogens (primary N) is 1. The third kappa shape index (κ3) is 2.88. The van der Waals surface area contributed by atoms with Crippen molar-refractivity contribution in [3.05, 3.63) is 23.8 Å². The molecule has 0 saturated carbocycles. The summed E-state index contributed by atoms with van der Waals surface area (Å²) in [5.74, 6) is 0. The van der Waals surface area contributed by atoms with E-state index in [4.69, 9.17) is 11.0 Å². The van der Waals surface area contributed by atoms with Gasteiger partial charge in [0, 0.05) is 12.2 Å². The molecule has 0 heterocycles. The lowest BCUT2D eigenvalue weighted by Gasteiger charge is -2.07. The first kappa shape index (κ1) is 10.9. The van der Waals surface area contributed by atoms with Gasteiger partial charge >= 0.3 is 6.03 Å². The van der Waals surface area contributed by atoms with Crippen molar-refractivity contribution in [2.24, 2.45) is 0 Å². The minimum atomic E-state index is -0.334. The molecule has 0 aliphatic carbocycles. The van der Waals surface area contributed by atoms with Gasteiger partial charge in [-0.15, -0.1) is 0 Å². The van der Waals surface area contributed by atoms with Crippen molar-refractivity contribution in [3.8, 4) is 6.07 Å². The first-order chi connectivity index (χ1) is 7.17. The quantitative estimate of drug-likeness (QED) is 0.634. The maximum atomic E-state index is 11.2. The summed E-state index contributed by atoms with van der Waals surface area (Å²) in [5, 5.41) is 13.9. The van der Waals surface area contributed by atoms with Crippen LogP contribution in [-0.4, -0.2) is 12.6 Å². The number of hydrogen-bond acceptors (Lipinski definition) is 3. The fraction of sp³-hybridized carbons (Fsp3) is 0.200. The molecule has 0 aliphatic rings. The molecule has 0 spiro atoms. The van der Waals surface area contributed by atoms with Gasteiger partial charge in [-0.3, -0.25) is 0 Å². The summed E-state index contributed by atoms with van der Waals surface area (Å²) in [6.45, 7) is 2.34. The van der Waals surface area contributed by atoms with Gasteiger partial charge in [0.2, 0.25) is 0 Å². The number of nitriles is 1. The third-order valence-corrected chi connectivity index (χ3v) is 1.75. The lowest BCUT2D eigenvalue weighted by Crippen LogP contribution is -2.28. The summed E-state index contributed by atoms with van der Waals surface area (Å²) in [7, 11) is 0. The molecular weight excluding hydrogens is 192 g/mol. The molecule has 4 N–H and O–H groups in total. The number of urea groups is 1. The van der Waals surface area contributed by atoms with Gasteiger partial charge in [-0.2, -0.15) is 5.26 Å². The molecule has 0 fully saturated rings. The average Bonchev–Trinajstić information content (AvgIpc) is 2.21. The average molecular weight is 204 g/mol. The Kier molecular flexibility index (Phi) is 3.52. The molecule has 0 atom stereocenters. The standard InChI is InChI=1S/C10H12N4O/c1-2-13-10(15)14-9-4-3-8(12)5-7(9)6-11/h3-5H,2,12H2,1H3,(H2,13,14,15). The number of nitrogens with zero attached hydrogens (tertiary/aromatic N) is 1. The van der Waals surface area contributed by atoms with Crippen LogP contribution in [0.2, 0.25) is 0 Å². The van der Waals surface area contributed by atoms with E-state index in [-0.39, 0.29) is 6.03 Å². The second kappa shape index (κ2) is 4.86. The first-order valence-corrected chi connectivity index (χ1v) is 4.52. The van der Waals surface area contributed by atoms with E-state index in [0.29, 0.717) is 23.5 Å². The van der Waals surface area contributed by atoms with Crippen LogP contribution < -0.4 is 16.4 Å². The molecule has 0 aliphatic heterocycles. The SMILES string of the molecule is CCNC(=O)Nc1ccc(N)cc1C#N. The summed E-state index contributed by atoms with van der Waals surface area (Å²) in [6.07, 6.45) is 0. The summed E-state index contributed by atoms with van der Waals surface area (Å²) in [5.41, 5.74) is 6.81. The number of carbonyl (C=O) groups is 1. The van der Waals surface area contributed by atoms with Crippen LogP contribution in [0.15, 0.2) is 18.2 Å². The van der Waals surface area contributed by atoms with Crippen LogP contribution in [-0.2, 0) is 0 Å². The molecule has 5 nitrogen and oxygen atoms in total. The number of amides is 2. The highest BCUT2D eigenvalue weighted by Crippen LogP contribution is 2.17. The highest BCUT2D eigenvalue weighted by atomic mass is 16.2. The zero-order valence-electron chi connectivity index (χ0n) is 8.37. The van der Waals surface area contributed by atoms with Crippen molar-refractivity contribution in [2.45, 2.75) is 6.92 Å². The molecule has 0 bridgehead atoms. The molecule has 0 aromatic heterocycles. The molecule has 1 aromatic rings. The van der Waals surface area contributed by atoms with Crippen LogP contribution in [0.5, 0.6) is 0 Å². The zero-order valence-corrected chi connectivity index (χ0v) is 8.37. The zero-order chi connectivity index (χ0) is 11.3. The number of benzene rings is 1. The predicted octanol–water partition coefficient (Wildman–Crippen LogP) is 1.28. The van der Waals surface area contributed by atoms with Crippen molar-refractivity contribution < 1.29 is 4.79 Å². The Morgan fingerprint density at radius 3 is 2.93 bits per heavy atom. The Labute approximate surface area is 87.9 Å². The van der Waals surface area contributed by atoms with E-state index >= 15 is 0 Å². The van der Waals surface area contributed by atoms with Crippen LogP contribution >= 0.6 is 0 Å². The topological polar surface area (TPSA) is 90.9 Å². The molecule has 78 valence electrons. The summed E-state index contributed by atoms with van der Waals surface area (Å²) >= 11 is 0. The highest BCUT2D eigenvalue weighted by molar-refractivity contribution is 5.91. The van der Waals surface area contributed by atoms with E-state index in [1.807, 2.05) is 13.0 Å². The van der Waals surface area contributed by atoms with Gasteiger partial charge in [0.05, 0.1) is 11.3 Å². The number of anilines is 2. The van der Waals surface area contributed by atoms with Crippen molar-refractivity contribution in [3.63, 3.8) is 0 Å². The second-order valence-electron chi connectivity index (χ2n) is 2.90. The van der Waals surface area contributed by atoms with Crippen molar-refractivity contribution in [1.82, 2.24) is 5.32 Å². The number of rotatable bonds is 2. The summed E-state index contributed by atoms with van der Waals surface area (Å²) in [6, 6.07) is 6.37. The van der Waals surface area contributed by atoms with Crippen LogP contribution in [0.25, 0.3) is 0 Å².